The Bertz CT molecular complexity index is 1680. The second-order valence-corrected chi connectivity index (χ2v) is 6.29. The molecular weight excluding hydrogens is 428 g/mol. The van der Waals surface area contributed by atoms with Gasteiger partial charge in [-0.3, -0.25) is 0 Å². The van der Waals surface area contributed by atoms with Gasteiger partial charge >= 0.3 is 0 Å². The summed E-state index contributed by atoms with van der Waals surface area (Å²) >= 11 is 0. The van der Waals surface area contributed by atoms with E-state index in [1.54, 1.807) is 30.3 Å². The third-order valence-electron chi connectivity index (χ3n) is 5.05. The molecule has 0 bridgehead atoms. The molecule has 0 amide bonds. The van der Waals surface area contributed by atoms with Crippen molar-refractivity contribution in [1.82, 2.24) is 0 Å². The molecule has 0 radical (unpaired) electrons. The number of fused-ring (bicyclic) bond motifs is 2. The fourth-order valence-electron chi connectivity index (χ4n) is 3.90. The first-order valence-electron chi connectivity index (χ1n) is 8.66. The maximum Gasteiger partial charge on any atom is 0.270 e. The van der Waals surface area contributed by atoms with E-state index in [1.165, 1.54) is 0 Å². The predicted octanol–water partition coefficient (Wildman–Crippen LogP) is 3.72. The Hall–Kier alpha value is -6.92. The smallest absolute Gasteiger partial charge is 0.237 e. The van der Waals surface area contributed by atoms with E-state index < -0.39 is 22.7 Å². The van der Waals surface area contributed by atoms with Crippen molar-refractivity contribution < 1.29 is 0 Å². The van der Waals surface area contributed by atoms with Crippen LogP contribution in [0.5, 0.6) is 0 Å². The van der Waals surface area contributed by atoms with E-state index in [2.05, 4.69) is 14.5 Å². The molecule has 0 fully saturated rings. The van der Waals surface area contributed by atoms with Gasteiger partial charge in [-0.2, -0.15) is 26.3 Å². The first kappa shape index (κ1) is 21.8. The monoisotopic (exact) mass is 428 g/mol. The quantitative estimate of drug-likeness (QED) is 0.446. The Kier molecular flexibility index (Phi) is 5.17. The van der Waals surface area contributed by atoms with Gasteiger partial charge < -0.3 is 0 Å². The van der Waals surface area contributed by atoms with Crippen LogP contribution >= 0.6 is 0 Å². The molecule has 0 saturated carbocycles. The van der Waals surface area contributed by atoms with Crippen molar-refractivity contribution in [2.45, 2.75) is 0 Å². The Labute approximate surface area is 192 Å². The fraction of sp³-hybridized carbons (Fsp3) is 0. The number of rotatable bonds is 0. The normalized spacial score (nSPS) is 15.2. The lowest BCUT2D eigenvalue weighted by Gasteiger charge is -2.15. The van der Waals surface area contributed by atoms with Gasteiger partial charge in [-0.05, 0) is 5.56 Å². The average molecular weight is 428 g/mol. The number of hydrogen-bond donors (Lipinski definition) is 0. The molecule has 2 aliphatic carbocycles. The lowest BCUT2D eigenvalue weighted by molar-refractivity contribution is 1.37. The first-order valence-corrected chi connectivity index (χ1v) is 8.66. The molecule has 0 heterocycles. The van der Waals surface area contributed by atoms with Gasteiger partial charge in [0.2, 0.25) is 5.70 Å². The maximum absolute atomic E-state index is 10.1. The second kappa shape index (κ2) is 8.07. The summed E-state index contributed by atoms with van der Waals surface area (Å²) in [5.41, 5.74) is -5.26. The molecule has 2 aliphatic rings. The topological polar surface area (TPSA) is 180 Å². The summed E-state index contributed by atoms with van der Waals surface area (Å²) in [5.74, 6) is 0. The Morgan fingerprint density at radius 3 is 1.38 bits per heavy atom. The minimum absolute atomic E-state index is 0.231. The lowest BCUT2D eigenvalue weighted by atomic mass is 9.83. The zero-order valence-corrected chi connectivity index (χ0v) is 16.5. The highest BCUT2D eigenvalue weighted by molar-refractivity contribution is 6.17. The van der Waals surface area contributed by atoms with Crippen molar-refractivity contribution in [2.75, 3.05) is 0 Å². The van der Waals surface area contributed by atoms with Crippen molar-refractivity contribution >= 4 is 22.3 Å². The molecule has 146 valence electrons. The first-order chi connectivity index (χ1) is 16.5. The van der Waals surface area contributed by atoms with Crippen LogP contribution in [0.4, 0.5) is 0 Å². The van der Waals surface area contributed by atoms with Gasteiger partial charge in [0.05, 0.1) is 71.8 Å². The summed E-state index contributed by atoms with van der Waals surface area (Å²) in [6, 6.07) is 12.2. The zero-order valence-electron chi connectivity index (χ0n) is 16.5. The molecule has 0 saturated heterocycles. The zero-order chi connectivity index (χ0) is 25.2. The Balaban J connectivity index is 2.89. The molecule has 0 aliphatic heterocycles. The highest BCUT2D eigenvalue weighted by Crippen LogP contribution is 2.54. The van der Waals surface area contributed by atoms with Gasteiger partial charge in [0.25, 0.3) is 11.4 Å². The maximum atomic E-state index is 10.1. The van der Waals surface area contributed by atoms with Crippen LogP contribution in [0.25, 0.3) is 36.8 Å². The van der Waals surface area contributed by atoms with Crippen LogP contribution < -0.4 is 0 Å². The van der Waals surface area contributed by atoms with E-state index in [0.29, 0.717) is 0 Å². The summed E-state index contributed by atoms with van der Waals surface area (Å²) in [5, 5.41) is 68.3. The SMILES string of the molecule is [C-]#[N+]C1=C(C#N)c2c(C#N)c3c(c(C#N)c2/C1=C(\C#N)[N+]#[C-])/C(=C(/C#N)[N+]#[C-])C(C#N)=C3C#N. The summed E-state index contributed by atoms with van der Waals surface area (Å²) in [6.07, 6.45) is 0. The highest BCUT2D eigenvalue weighted by Gasteiger charge is 2.42. The largest absolute Gasteiger partial charge is 0.270 e. The minimum atomic E-state index is -0.628. The third-order valence-corrected chi connectivity index (χ3v) is 5.05. The molecule has 1 aromatic rings. The van der Waals surface area contributed by atoms with Crippen molar-refractivity contribution in [3.63, 3.8) is 0 Å². The standard InChI is InChI=1S/C24N10/c1-32-16(9-30)20-12(5-26)11(4-25)18-13(6-27)19-15(8-29)24(34-3)23(17(10-31)33-2)22(19)14(7-28)21(18)20/b20-16-,23-17-. The molecule has 10 nitrogen and oxygen atoms in total. The van der Waals surface area contributed by atoms with Gasteiger partial charge in [-0.1, -0.05) is 0 Å². The molecule has 10 heteroatoms. The summed E-state index contributed by atoms with van der Waals surface area (Å²) < 4.78 is 0. The summed E-state index contributed by atoms with van der Waals surface area (Å²) in [6.45, 7) is 22.2. The van der Waals surface area contributed by atoms with Crippen LogP contribution in [-0.4, -0.2) is 0 Å². The number of hydrogen-bond acceptors (Lipinski definition) is 7. The van der Waals surface area contributed by atoms with Gasteiger partial charge in [-0.25, -0.2) is 25.1 Å². The number of nitrogens with zero attached hydrogens (tertiary/aromatic N) is 10. The van der Waals surface area contributed by atoms with Crippen molar-refractivity contribution in [3.8, 4) is 42.5 Å². The van der Waals surface area contributed by atoms with E-state index in [1.807, 2.05) is 12.1 Å². The molecule has 0 spiro atoms. The Morgan fingerprint density at radius 2 is 0.971 bits per heavy atom. The van der Waals surface area contributed by atoms with E-state index >= 15 is 0 Å². The van der Waals surface area contributed by atoms with Gasteiger partial charge in [0, 0.05) is 27.8 Å². The van der Waals surface area contributed by atoms with Crippen LogP contribution in [-0.2, 0) is 0 Å². The van der Waals surface area contributed by atoms with Gasteiger partial charge in [0.15, 0.2) is 0 Å². The fourth-order valence-corrected chi connectivity index (χ4v) is 3.90. The Morgan fingerprint density at radius 1 is 0.529 bits per heavy atom. The van der Waals surface area contributed by atoms with E-state index in [9.17, 15) is 36.8 Å². The molecule has 34 heavy (non-hydrogen) atoms. The lowest BCUT2D eigenvalue weighted by Crippen LogP contribution is -2.04. The second-order valence-electron chi connectivity index (χ2n) is 6.29. The minimum Gasteiger partial charge on any atom is -0.237 e. The van der Waals surface area contributed by atoms with E-state index in [0.717, 1.165) is 0 Å². The number of nitriles is 7. The molecule has 0 aromatic heterocycles. The van der Waals surface area contributed by atoms with Crippen LogP contribution in [0.1, 0.15) is 33.4 Å². The van der Waals surface area contributed by atoms with Crippen molar-refractivity contribution in [2.24, 2.45) is 0 Å². The molecule has 0 atom stereocenters. The number of benzene rings is 1. The van der Waals surface area contributed by atoms with Crippen LogP contribution in [0.3, 0.4) is 0 Å². The van der Waals surface area contributed by atoms with Gasteiger partial charge in [-0.15, -0.1) is 0 Å². The molecule has 0 unspecified atom stereocenters. The van der Waals surface area contributed by atoms with Crippen LogP contribution in [0.15, 0.2) is 22.7 Å². The predicted molar refractivity (Wildman–Crippen MR) is 111 cm³/mol. The van der Waals surface area contributed by atoms with E-state index in [4.69, 9.17) is 19.7 Å². The van der Waals surface area contributed by atoms with Crippen LogP contribution in [0, 0.1) is 99.0 Å². The number of allylic oxidation sites excluding steroid dienone is 7. The van der Waals surface area contributed by atoms with Gasteiger partial charge in [0.1, 0.15) is 18.2 Å². The average Bonchev–Trinajstić information content (AvgIpc) is 3.37. The van der Waals surface area contributed by atoms with Crippen molar-refractivity contribution in [3.05, 3.63) is 90.3 Å². The highest BCUT2D eigenvalue weighted by atomic mass is 14.7. The molecular formula is C24N10. The third kappa shape index (κ3) is 2.45. The summed E-state index contributed by atoms with van der Waals surface area (Å²) in [7, 11) is 0. The van der Waals surface area contributed by atoms with E-state index in [-0.39, 0.29) is 55.7 Å². The van der Waals surface area contributed by atoms with Crippen molar-refractivity contribution in [1.29, 1.82) is 36.8 Å². The molecule has 3 rings (SSSR count). The molecule has 0 N–H and O–H groups in total. The van der Waals surface area contributed by atoms with Crippen LogP contribution in [0.2, 0.25) is 0 Å². The summed E-state index contributed by atoms with van der Waals surface area (Å²) in [4.78, 5) is 9.43. The molecule has 1 aromatic carbocycles.